The molecule has 1 aromatic heterocycles. The van der Waals surface area contributed by atoms with E-state index in [0.29, 0.717) is 4.88 Å². The van der Waals surface area contributed by atoms with Gasteiger partial charge in [-0.25, -0.2) is 4.79 Å². The number of benzene rings is 1. The molecule has 0 amide bonds. The first-order valence-electron chi connectivity index (χ1n) is 5.31. The van der Waals surface area contributed by atoms with Gasteiger partial charge in [0.15, 0.2) is 0 Å². The number of carboxylic acids is 1. The summed E-state index contributed by atoms with van der Waals surface area (Å²) in [7, 11) is 0. The average Bonchev–Trinajstić information content (AvgIpc) is 2.64. The molecule has 1 heterocycles. The zero-order valence-corrected chi connectivity index (χ0v) is 10.4. The lowest BCUT2D eigenvalue weighted by molar-refractivity contribution is 0.0701. The Morgan fingerprint density at radius 3 is 2.50 bits per heavy atom. The quantitative estimate of drug-likeness (QED) is 0.858. The summed E-state index contributed by atoms with van der Waals surface area (Å²) in [6.07, 6.45) is 0.770. The minimum absolute atomic E-state index is 0.495. The van der Waals surface area contributed by atoms with Gasteiger partial charge in [-0.3, -0.25) is 0 Å². The van der Waals surface area contributed by atoms with Gasteiger partial charge in [0, 0.05) is 4.70 Å². The van der Waals surface area contributed by atoms with Crippen molar-refractivity contribution in [3.8, 4) is 0 Å². The lowest BCUT2D eigenvalue weighted by Crippen LogP contribution is -1.96. The van der Waals surface area contributed by atoms with E-state index in [-0.39, 0.29) is 0 Å². The number of hydrogen-bond acceptors (Lipinski definition) is 2. The zero-order valence-electron chi connectivity index (χ0n) is 9.63. The van der Waals surface area contributed by atoms with Crippen LogP contribution in [0.5, 0.6) is 0 Å². The average molecular weight is 234 g/mol. The number of carbonyl (C=O) groups is 1. The highest BCUT2D eigenvalue weighted by molar-refractivity contribution is 7.21. The fraction of sp³-hybridized carbons (Fsp3) is 0.308. The van der Waals surface area contributed by atoms with E-state index in [1.165, 1.54) is 16.9 Å². The third kappa shape index (κ3) is 1.52. The number of hydrogen-bond donors (Lipinski definition) is 1. The van der Waals surface area contributed by atoms with Crippen molar-refractivity contribution in [1.29, 1.82) is 0 Å². The van der Waals surface area contributed by atoms with Crippen molar-refractivity contribution < 1.29 is 9.90 Å². The van der Waals surface area contributed by atoms with E-state index in [0.717, 1.165) is 27.6 Å². The second-order valence-corrected chi connectivity index (χ2v) is 4.99. The first-order valence-corrected chi connectivity index (χ1v) is 6.12. The largest absolute Gasteiger partial charge is 0.477 e. The van der Waals surface area contributed by atoms with E-state index in [4.69, 9.17) is 0 Å². The summed E-state index contributed by atoms with van der Waals surface area (Å²) in [6.45, 7) is 6.08. The Bertz CT molecular complexity index is 567. The van der Waals surface area contributed by atoms with Crippen molar-refractivity contribution in [2.24, 2.45) is 0 Å². The fourth-order valence-electron chi connectivity index (χ4n) is 2.08. The van der Waals surface area contributed by atoms with Crippen LogP contribution in [0.3, 0.4) is 0 Å². The minimum Gasteiger partial charge on any atom is -0.477 e. The molecule has 0 radical (unpaired) electrons. The summed E-state index contributed by atoms with van der Waals surface area (Å²) < 4.78 is 1.12. The van der Waals surface area contributed by atoms with Crippen molar-refractivity contribution in [3.63, 3.8) is 0 Å². The van der Waals surface area contributed by atoms with Crippen molar-refractivity contribution in [3.05, 3.63) is 33.7 Å². The molecule has 0 spiro atoms. The Morgan fingerprint density at radius 2 is 1.94 bits per heavy atom. The van der Waals surface area contributed by atoms with Crippen LogP contribution in [-0.4, -0.2) is 11.1 Å². The number of fused-ring (bicyclic) bond motifs is 1. The first kappa shape index (κ1) is 11.1. The van der Waals surface area contributed by atoms with E-state index in [1.807, 2.05) is 20.8 Å². The fourth-order valence-corrected chi connectivity index (χ4v) is 3.36. The number of aryl methyl sites for hydroxylation is 3. The van der Waals surface area contributed by atoms with Gasteiger partial charge in [-0.05, 0) is 42.3 Å². The van der Waals surface area contributed by atoms with Crippen LogP contribution in [0.1, 0.15) is 33.3 Å². The van der Waals surface area contributed by atoms with E-state index in [1.54, 1.807) is 0 Å². The molecule has 1 N–H and O–H groups in total. The SMILES string of the molecule is CCc1c(C(=O)O)sc2c(C)ccc(C)c12. The monoisotopic (exact) mass is 234 g/mol. The molecule has 0 fully saturated rings. The predicted octanol–water partition coefficient (Wildman–Crippen LogP) is 3.78. The van der Waals surface area contributed by atoms with Crippen molar-refractivity contribution in [1.82, 2.24) is 0 Å². The molecule has 1 aromatic carbocycles. The van der Waals surface area contributed by atoms with Gasteiger partial charge in [-0.1, -0.05) is 19.1 Å². The van der Waals surface area contributed by atoms with Crippen molar-refractivity contribution in [2.45, 2.75) is 27.2 Å². The Balaban J connectivity index is 2.92. The van der Waals surface area contributed by atoms with Gasteiger partial charge in [0.2, 0.25) is 0 Å². The Morgan fingerprint density at radius 1 is 1.31 bits per heavy atom. The van der Waals surface area contributed by atoms with E-state index in [2.05, 4.69) is 12.1 Å². The van der Waals surface area contributed by atoms with Crippen LogP contribution < -0.4 is 0 Å². The maximum atomic E-state index is 11.2. The molecule has 84 valence electrons. The van der Waals surface area contributed by atoms with Gasteiger partial charge in [0.25, 0.3) is 0 Å². The van der Waals surface area contributed by atoms with Gasteiger partial charge in [0.05, 0.1) is 0 Å². The first-order chi connectivity index (χ1) is 7.56. The van der Waals surface area contributed by atoms with Crippen molar-refractivity contribution >= 4 is 27.4 Å². The second-order valence-electron chi connectivity index (χ2n) is 3.97. The smallest absolute Gasteiger partial charge is 0.346 e. The number of thiophene rings is 1. The van der Waals surface area contributed by atoms with Crippen LogP contribution in [0.15, 0.2) is 12.1 Å². The van der Waals surface area contributed by atoms with E-state index in [9.17, 15) is 9.90 Å². The van der Waals surface area contributed by atoms with Gasteiger partial charge >= 0.3 is 5.97 Å². The molecule has 2 nitrogen and oxygen atoms in total. The van der Waals surface area contributed by atoms with Crippen LogP contribution in [-0.2, 0) is 6.42 Å². The summed E-state index contributed by atoms with van der Waals surface area (Å²) in [5.41, 5.74) is 3.31. The van der Waals surface area contributed by atoms with Crippen molar-refractivity contribution in [2.75, 3.05) is 0 Å². The molecular weight excluding hydrogens is 220 g/mol. The molecule has 0 saturated heterocycles. The second kappa shape index (κ2) is 3.91. The molecule has 0 aliphatic heterocycles. The molecular formula is C13H14O2S. The molecule has 0 saturated carbocycles. The standard InChI is InChI=1S/C13H14O2S/c1-4-9-10-7(2)5-6-8(3)11(10)16-12(9)13(14)15/h5-6H,4H2,1-3H3,(H,14,15). The summed E-state index contributed by atoms with van der Waals surface area (Å²) in [4.78, 5) is 11.7. The summed E-state index contributed by atoms with van der Waals surface area (Å²) in [5, 5.41) is 10.3. The lowest BCUT2D eigenvalue weighted by Gasteiger charge is -2.02. The maximum Gasteiger partial charge on any atom is 0.346 e. The highest BCUT2D eigenvalue weighted by Crippen LogP contribution is 2.36. The minimum atomic E-state index is -0.808. The highest BCUT2D eigenvalue weighted by atomic mass is 32.1. The van der Waals surface area contributed by atoms with Gasteiger partial charge in [-0.15, -0.1) is 11.3 Å². The van der Waals surface area contributed by atoms with Crippen LogP contribution >= 0.6 is 11.3 Å². The normalized spacial score (nSPS) is 10.9. The molecule has 0 unspecified atom stereocenters. The molecule has 0 atom stereocenters. The lowest BCUT2D eigenvalue weighted by atomic mass is 10.0. The van der Waals surface area contributed by atoms with E-state index >= 15 is 0 Å². The molecule has 0 bridgehead atoms. The van der Waals surface area contributed by atoms with Gasteiger partial charge in [0.1, 0.15) is 4.88 Å². The number of carboxylic acid groups (broad SMARTS) is 1. The van der Waals surface area contributed by atoms with E-state index < -0.39 is 5.97 Å². The maximum absolute atomic E-state index is 11.2. The molecule has 0 aliphatic carbocycles. The van der Waals surface area contributed by atoms with Gasteiger partial charge in [-0.2, -0.15) is 0 Å². The Hall–Kier alpha value is -1.35. The van der Waals surface area contributed by atoms with Crippen LogP contribution in [0, 0.1) is 13.8 Å². The predicted molar refractivity (Wildman–Crippen MR) is 67.6 cm³/mol. The summed E-state index contributed by atoms with van der Waals surface area (Å²) >= 11 is 1.40. The molecule has 3 heteroatoms. The third-order valence-corrected chi connectivity index (χ3v) is 4.25. The zero-order chi connectivity index (χ0) is 11.9. The summed E-state index contributed by atoms with van der Waals surface area (Å²) in [6, 6.07) is 4.12. The molecule has 16 heavy (non-hydrogen) atoms. The molecule has 2 rings (SSSR count). The van der Waals surface area contributed by atoms with Crippen LogP contribution in [0.4, 0.5) is 0 Å². The number of rotatable bonds is 2. The number of aromatic carboxylic acids is 1. The Labute approximate surface area is 98.5 Å². The Kier molecular flexibility index (Phi) is 2.72. The molecule has 0 aliphatic rings. The highest BCUT2D eigenvalue weighted by Gasteiger charge is 2.18. The van der Waals surface area contributed by atoms with Crippen LogP contribution in [0.2, 0.25) is 0 Å². The summed E-state index contributed by atoms with van der Waals surface area (Å²) in [5.74, 6) is -0.808. The van der Waals surface area contributed by atoms with Gasteiger partial charge < -0.3 is 5.11 Å². The molecule has 2 aromatic rings. The van der Waals surface area contributed by atoms with Crippen LogP contribution in [0.25, 0.3) is 10.1 Å². The third-order valence-electron chi connectivity index (χ3n) is 2.89. The topological polar surface area (TPSA) is 37.3 Å².